The molecule has 1 heterocycles. The Bertz CT molecular complexity index is 364. The van der Waals surface area contributed by atoms with Gasteiger partial charge in [0.25, 0.3) is 12.3 Å². The maximum absolute atomic E-state index is 12.3. The molecule has 0 aliphatic carbocycles. The van der Waals surface area contributed by atoms with Crippen molar-refractivity contribution in [3.8, 4) is 0 Å². The Kier molecular flexibility index (Phi) is 3.35. The average molecular weight is 218 g/mol. The maximum atomic E-state index is 12.3. The summed E-state index contributed by atoms with van der Waals surface area (Å²) < 4.78 is 25.8. The smallest absolute Gasteiger partial charge is 0.282 e. The summed E-state index contributed by atoms with van der Waals surface area (Å²) in [5.74, 6) is 4.45. The number of aryl methyl sites for hydroxylation is 1. The van der Waals surface area contributed by atoms with Gasteiger partial charge in [0, 0.05) is 5.69 Å². The van der Waals surface area contributed by atoms with E-state index in [1.165, 1.54) is 17.7 Å². The summed E-state index contributed by atoms with van der Waals surface area (Å²) in [4.78, 5) is 11.2. The molecule has 0 aliphatic rings. The summed E-state index contributed by atoms with van der Waals surface area (Å²) in [6, 6.07) is 0.535. The fraction of sp³-hybridized carbons (Fsp3) is 0.500. The monoisotopic (exact) mass is 218 g/mol. The van der Waals surface area contributed by atoms with Crippen molar-refractivity contribution >= 4 is 5.91 Å². The zero-order chi connectivity index (χ0) is 11.6. The molecule has 84 valence electrons. The van der Waals surface area contributed by atoms with Crippen molar-refractivity contribution in [1.29, 1.82) is 0 Å². The Morgan fingerprint density at radius 2 is 2.27 bits per heavy atom. The lowest BCUT2D eigenvalue weighted by atomic mass is 10.3. The molecule has 0 bridgehead atoms. The van der Waals surface area contributed by atoms with E-state index in [-0.39, 0.29) is 5.69 Å². The maximum Gasteiger partial charge on any atom is 0.282 e. The van der Waals surface area contributed by atoms with E-state index in [4.69, 9.17) is 5.84 Å². The second-order valence-corrected chi connectivity index (χ2v) is 3.14. The van der Waals surface area contributed by atoms with Gasteiger partial charge in [-0.2, -0.15) is 5.10 Å². The molecule has 0 unspecified atom stereocenters. The van der Waals surface area contributed by atoms with Crippen LogP contribution in [0, 0.1) is 6.92 Å². The lowest BCUT2D eigenvalue weighted by Crippen LogP contribution is -2.36. The largest absolute Gasteiger partial charge is 0.292 e. The van der Waals surface area contributed by atoms with Crippen molar-refractivity contribution in [2.45, 2.75) is 26.3 Å². The van der Waals surface area contributed by atoms with Crippen LogP contribution in [0.5, 0.6) is 0 Å². The number of amides is 1. The predicted molar refractivity (Wildman–Crippen MR) is 49.0 cm³/mol. The normalized spacial score (nSPS) is 12.9. The molecule has 1 rings (SSSR count). The Morgan fingerprint density at radius 1 is 1.67 bits per heavy atom. The molecular formula is C8H12F2N4O. The topological polar surface area (TPSA) is 72.9 Å². The van der Waals surface area contributed by atoms with Gasteiger partial charge < -0.3 is 0 Å². The number of nitrogens with two attached hydrogens (primary N) is 1. The van der Waals surface area contributed by atoms with Gasteiger partial charge in [-0.05, 0) is 19.9 Å². The number of hydrogen-bond donors (Lipinski definition) is 2. The van der Waals surface area contributed by atoms with Crippen LogP contribution < -0.4 is 11.3 Å². The van der Waals surface area contributed by atoms with Crippen LogP contribution in [0.2, 0.25) is 0 Å². The van der Waals surface area contributed by atoms with E-state index >= 15 is 0 Å². The molecule has 0 aliphatic heterocycles. The Hall–Kier alpha value is -1.50. The Morgan fingerprint density at radius 3 is 2.67 bits per heavy atom. The number of hydrazine groups is 1. The first-order valence-corrected chi connectivity index (χ1v) is 4.32. The minimum atomic E-state index is -2.64. The highest BCUT2D eigenvalue weighted by Crippen LogP contribution is 2.20. The minimum Gasteiger partial charge on any atom is -0.292 e. The van der Waals surface area contributed by atoms with Gasteiger partial charge in [-0.15, -0.1) is 0 Å². The zero-order valence-corrected chi connectivity index (χ0v) is 8.37. The standard InChI is InChI=1S/C8H12F2N4O/c1-4-3-6(7(9)10)13-14(4)5(2)8(15)12-11/h3,5,7H,11H2,1-2H3,(H,12,15)/t5-/m1/s1. The van der Waals surface area contributed by atoms with Crippen LogP contribution in [0.15, 0.2) is 6.07 Å². The van der Waals surface area contributed by atoms with Gasteiger partial charge in [-0.25, -0.2) is 14.6 Å². The second-order valence-electron chi connectivity index (χ2n) is 3.14. The lowest BCUT2D eigenvalue weighted by molar-refractivity contribution is -0.124. The molecule has 0 spiro atoms. The van der Waals surface area contributed by atoms with E-state index in [2.05, 4.69) is 5.10 Å². The van der Waals surface area contributed by atoms with Crippen LogP contribution in [0.4, 0.5) is 8.78 Å². The third-order valence-corrected chi connectivity index (χ3v) is 2.05. The summed E-state index contributed by atoms with van der Waals surface area (Å²) in [6.07, 6.45) is -2.64. The van der Waals surface area contributed by atoms with Gasteiger partial charge in [0.05, 0.1) is 0 Å². The zero-order valence-electron chi connectivity index (χ0n) is 8.37. The first kappa shape index (κ1) is 11.6. The van der Waals surface area contributed by atoms with E-state index in [1.807, 2.05) is 5.43 Å². The summed E-state index contributed by atoms with van der Waals surface area (Å²) in [5.41, 5.74) is 2.09. The van der Waals surface area contributed by atoms with Crippen LogP contribution in [-0.4, -0.2) is 15.7 Å². The number of aromatic nitrogens is 2. The highest BCUT2D eigenvalue weighted by atomic mass is 19.3. The molecule has 0 saturated carbocycles. The van der Waals surface area contributed by atoms with E-state index in [1.54, 1.807) is 6.92 Å². The van der Waals surface area contributed by atoms with Gasteiger partial charge in [0.15, 0.2) is 0 Å². The summed E-state index contributed by atoms with van der Waals surface area (Å²) in [6.45, 7) is 3.12. The van der Waals surface area contributed by atoms with E-state index in [0.717, 1.165) is 0 Å². The molecule has 1 amide bonds. The number of rotatable bonds is 3. The van der Waals surface area contributed by atoms with Crippen LogP contribution >= 0.6 is 0 Å². The van der Waals surface area contributed by atoms with E-state index in [0.29, 0.717) is 5.69 Å². The van der Waals surface area contributed by atoms with Crippen molar-refractivity contribution in [3.05, 3.63) is 17.5 Å². The molecule has 1 aromatic rings. The van der Waals surface area contributed by atoms with E-state index in [9.17, 15) is 13.6 Å². The first-order chi connectivity index (χ1) is 6.97. The molecule has 1 aromatic heterocycles. The van der Waals surface area contributed by atoms with Crippen molar-refractivity contribution in [1.82, 2.24) is 15.2 Å². The minimum absolute atomic E-state index is 0.343. The highest BCUT2D eigenvalue weighted by Gasteiger charge is 2.20. The number of carbonyl (C=O) groups excluding carboxylic acids is 1. The first-order valence-electron chi connectivity index (χ1n) is 4.32. The molecule has 7 heteroatoms. The molecule has 0 radical (unpaired) electrons. The molecular weight excluding hydrogens is 206 g/mol. The van der Waals surface area contributed by atoms with Crippen LogP contribution in [0.1, 0.15) is 30.8 Å². The molecule has 0 aromatic carbocycles. The number of hydrogen-bond acceptors (Lipinski definition) is 3. The number of alkyl halides is 2. The Balaban J connectivity index is 2.99. The number of nitrogens with one attached hydrogen (secondary N) is 1. The van der Waals surface area contributed by atoms with Gasteiger partial charge in [0.1, 0.15) is 11.7 Å². The fourth-order valence-electron chi connectivity index (χ4n) is 1.24. The summed E-state index contributed by atoms with van der Waals surface area (Å²) >= 11 is 0. The third kappa shape index (κ3) is 2.30. The van der Waals surface area contributed by atoms with Gasteiger partial charge in [-0.3, -0.25) is 14.9 Å². The Labute approximate surface area is 85.2 Å². The molecule has 0 fully saturated rings. The molecule has 5 nitrogen and oxygen atoms in total. The van der Waals surface area contributed by atoms with E-state index < -0.39 is 18.4 Å². The quantitative estimate of drug-likeness (QED) is 0.445. The SMILES string of the molecule is Cc1cc(C(F)F)nn1[C@H](C)C(=O)NN. The average Bonchev–Trinajstić information content (AvgIpc) is 2.58. The van der Waals surface area contributed by atoms with Gasteiger partial charge in [0.2, 0.25) is 0 Å². The van der Waals surface area contributed by atoms with Crippen molar-refractivity contribution in [2.75, 3.05) is 0 Å². The molecule has 1 atom stereocenters. The predicted octanol–water partition coefficient (Wildman–Crippen LogP) is 0.680. The fourth-order valence-corrected chi connectivity index (χ4v) is 1.24. The highest BCUT2D eigenvalue weighted by molar-refractivity contribution is 5.79. The molecule has 3 N–H and O–H groups in total. The van der Waals surface area contributed by atoms with Crippen molar-refractivity contribution in [3.63, 3.8) is 0 Å². The second kappa shape index (κ2) is 4.35. The van der Waals surface area contributed by atoms with Crippen molar-refractivity contribution < 1.29 is 13.6 Å². The number of halogens is 2. The summed E-state index contributed by atoms with van der Waals surface area (Å²) in [7, 11) is 0. The number of carbonyl (C=O) groups is 1. The third-order valence-electron chi connectivity index (χ3n) is 2.05. The molecule has 15 heavy (non-hydrogen) atoms. The lowest BCUT2D eigenvalue weighted by Gasteiger charge is -2.11. The van der Waals surface area contributed by atoms with Crippen LogP contribution in [-0.2, 0) is 4.79 Å². The molecule has 0 saturated heterocycles. The van der Waals surface area contributed by atoms with Crippen molar-refractivity contribution in [2.24, 2.45) is 5.84 Å². The van der Waals surface area contributed by atoms with Crippen LogP contribution in [0.25, 0.3) is 0 Å². The van der Waals surface area contributed by atoms with Crippen LogP contribution in [0.3, 0.4) is 0 Å². The number of nitrogens with zero attached hydrogens (tertiary/aromatic N) is 2. The van der Waals surface area contributed by atoms with Gasteiger partial charge >= 0.3 is 0 Å². The summed E-state index contributed by atoms with van der Waals surface area (Å²) in [5, 5.41) is 3.63. The van der Waals surface area contributed by atoms with Gasteiger partial charge in [-0.1, -0.05) is 0 Å².